The zero-order chi connectivity index (χ0) is 20.4. The van der Waals surface area contributed by atoms with Crippen LogP contribution in [-0.4, -0.2) is 56.0 Å². The fourth-order valence-corrected chi connectivity index (χ4v) is 7.36. The van der Waals surface area contributed by atoms with E-state index in [9.17, 15) is 13.2 Å². The number of amides is 1. The number of amidine groups is 1. The van der Waals surface area contributed by atoms with Gasteiger partial charge in [0.15, 0.2) is 15.0 Å². The Morgan fingerprint density at radius 1 is 1.10 bits per heavy atom. The van der Waals surface area contributed by atoms with Crippen LogP contribution in [0.4, 0.5) is 5.69 Å². The van der Waals surface area contributed by atoms with Gasteiger partial charge in [-0.2, -0.15) is 4.99 Å². The predicted molar refractivity (Wildman–Crippen MR) is 114 cm³/mol. The molecule has 152 valence electrons. The molecule has 0 aliphatic carbocycles. The summed E-state index contributed by atoms with van der Waals surface area (Å²) >= 11 is 1.34. The van der Waals surface area contributed by atoms with E-state index in [1.807, 2.05) is 59.5 Å². The molecule has 2 aliphatic heterocycles. The highest BCUT2D eigenvalue weighted by molar-refractivity contribution is 8.16. The van der Waals surface area contributed by atoms with Crippen LogP contribution in [0, 0.1) is 0 Å². The number of thioether (sulfide) groups is 1. The highest BCUT2D eigenvalue weighted by Crippen LogP contribution is 2.41. The molecule has 2 heterocycles. The van der Waals surface area contributed by atoms with Gasteiger partial charge >= 0.3 is 0 Å². The third-order valence-electron chi connectivity index (χ3n) is 4.65. The number of benzene rings is 2. The Bertz CT molecular complexity index is 1020. The summed E-state index contributed by atoms with van der Waals surface area (Å²) in [6.45, 7) is -0.116. The maximum Gasteiger partial charge on any atom is 0.274 e. The van der Waals surface area contributed by atoms with E-state index >= 15 is 0 Å². The van der Waals surface area contributed by atoms with E-state index in [-0.39, 0.29) is 29.4 Å². The van der Waals surface area contributed by atoms with Gasteiger partial charge in [0.25, 0.3) is 5.91 Å². The molecule has 4 rings (SSSR count). The van der Waals surface area contributed by atoms with Gasteiger partial charge in [-0.1, -0.05) is 30.0 Å². The molecular weight excluding hydrogens is 412 g/mol. The maximum absolute atomic E-state index is 12.1. The van der Waals surface area contributed by atoms with E-state index in [1.54, 1.807) is 0 Å². The number of sulfone groups is 1. The van der Waals surface area contributed by atoms with Gasteiger partial charge in [-0.3, -0.25) is 4.79 Å². The van der Waals surface area contributed by atoms with Gasteiger partial charge in [-0.25, -0.2) is 8.42 Å². The largest absolute Gasteiger partial charge is 0.457 e. The second-order valence-electron chi connectivity index (χ2n) is 6.80. The fraction of sp³-hybridized carbons (Fsp3) is 0.300. The van der Waals surface area contributed by atoms with Crippen molar-refractivity contribution in [1.82, 2.24) is 0 Å². The minimum atomic E-state index is -3.11. The van der Waals surface area contributed by atoms with Gasteiger partial charge in [-0.15, -0.1) is 0 Å². The summed E-state index contributed by atoms with van der Waals surface area (Å²) in [4.78, 5) is 18.0. The van der Waals surface area contributed by atoms with E-state index < -0.39 is 15.7 Å². The van der Waals surface area contributed by atoms with Gasteiger partial charge in [0.05, 0.1) is 17.5 Å². The number of carbonyl (C=O) groups is 1. The molecule has 2 atom stereocenters. The Morgan fingerprint density at radius 2 is 1.79 bits per heavy atom. The van der Waals surface area contributed by atoms with Crippen molar-refractivity contribution >= 4 is 38.4 Å². The number of hydrogen-bond acceptors (Lipinski definition) is 6. The van der Waals surface area contributed by atoms with Crippen molar-refractivity contribution in [3.05, 3.63) is 54.6 Å². The van der Waals surface area contributed by atoms with Crippen LogP contribution in [0.15, 0.2) is 59.6 Å². The highest BCUT2D eigenvalue weighted by atomic mass is 32.2. The zero-order valence-electron chi connectivity index (χ0n) is 15.7. The smallest absolute Gasteiger partial charge is 0.274 e. The molecule has 0 saturated carbocycles. The van der Waals surface area contributed by atoms with E-state index in [2.05, 4.69) is 4.99 Å². The summed E-state index contributed by atoms with van der Waals surface area (Å²) < 4.78 is 34.9. The first-order valence-electron chi connectivity index (χ1n) is 9.05. The van der Waals surface area contributed by atoms with Gasteiger partial charge in [0.1, 0.15) is 18.1 Å². The predicted octanol–water partition coefficient (Wildman–Crippen LogP) is 2.73. The molecule has 0 radical (unpaired) electrons. The number of rotatable bonds is 5. The lowest BCUT2D eigenvalue weighted by molar-refractivity contribution is -0.121. The Morgan fingerprint density at radius 3 is 2.48 bits per heavy atom. The number of carbonyl (C=O) groups excluding carboxylic acids is 1. The van der Waals surface area contributed by atoms with Crippen molar-refractivity contribution in [2.75, 3.05) is 30.1 Å². The third-order valence-corrected chi connectivity index (χ3v) is 7.86. The van der Waals surface area contributed by atoms with Crippen molar-refractivity contribution in [3.8, 4) is 11.5 Å². The van der Waals surface area contributed by atoms with Crippen LogP contribution in [0.2, 0.25) is 0 Å². The molecule has 9 heteroatoms. The van der Waals surface area contributed by atoms with Crippen LogP contribution < -0.4 is 9.64 Å². The Hall–Kier alpha value is -2.36. The molecule has 0 bridgehead atoms. The molecule has 2 fully saturated rings. The number of fused-ring (bicyclic) bond motifs is 1. The molecule has 2 aromatic carbocycles. The molecule has 2 unspecified atom stereocenters. The lowest BCUT2D eigenvalue weighted by Crippen LogP contribution is -2.37. The van der Waals surface area contributed by atoms with E-state index in [0.29, 0.717) is 10.9 Å². The van der Waals surface area contributed by atoms with Gasteiger partial charge in [-0.05, 0) is 36.4 Å². The van der Waals surface area contributed by atoms with Crippen molar-refractivity contribution in [1.29, 1.82) is 0 Å². The van der Waals surface area contributed by atoms with Gasteiger partial charge in [0, 0.05) is 18.0 Å². The number of ether oxygens (including phenoxy) is 2. The maximum atomic E-state index is 12.1. The molecule has 0 N–H and O–H groups in total. The van der Waals surface area contributed by atoms with E-state index in [0.717, 1.165) is 11.4 Å². The summed E-state index contributed by atoms with van der Waals surface area (Å²) in [5.74, 6) is 1.13. The van der Waals surface area contributed by atoms with Crippen LogP contribution in [0.1, 0.15) is 0 Å². The molecular formula is C20H20N2O5S2. The van der Waals surface area contributed by atoms with Crippen LogP contribution in [0.5, 0.6) is 11.5 Å². The minimum Gasteiger partial charge on any atom is -0.457 e. The molecule has 0 spiro atoms. The van der Waals surface area contributed by atoms with Gasteiger partial charge < -0.3 is 14.4 Å². The molecule has 2 aliphatic rings. The molecule has 2 saturated heterocycles. The summed E-state index contributed by atoms with van der Waals surface area (Å²) in [6, 6.07) is 16.5. The number of methoxy groups -OCH3 is 1. The molecule has 29 heavy (non-hydrogen) atoms. The van der Waals surface area contributed by atoms with Crippen LogP contribution >= 0.6 is 11.8 Å². The lowest BCUT2D eigenvalue weighted by Gasteiger charge is -2.24. The van der Waals surface area contributed by atoms with Crippen molar-refractivity contribution in [2.45, 2.75) is 11.3 Å². The summed E-state index contributed by atoms with van der Waals surface area (Å²) in [5.41, 5.74) is 0.770. The fourth-order valence-electron chi connectivity index (χ4n) is 3.43. The van der Waals surface area contributed by atoms with Crippen LogP contribution in [0.25, 0.3) is 0 Å². The zero-order valence-corrected chi connectivity index (χ0v) is 17.4. The average Bonchev–Trinajstić information content (AvgIpc) is 3.14. The van der Waals surface area contributed by atoms with E-state index in [1.165, 1.54) is 18.9 Å². The average molecular weight is 433 g/mol. The number of para-hydroxylation sites is 1. The van der Waals surface area contributed by atoms with E-state index in [4.69, 9.17) is 9.47 Å². The quantitative estimate of drug-likeness (QED) is 0.718. The Balaban J connectivity index is 1.61. The normalized spacial score (nSPS) is 23.9. The molecule has 0 aromatic heterocycles. The van der Waals surface area contributed by atoms with Crippen LogP contribution in [0.3, 0.4) is 0 Å². The second kappa shape index (κ2) is 8.17. The van der Waals surface area contributed by atoms with Crippen molar-refractivity contribution in [2.24, 2.45) is 4.99 Å². The first-order chi connectivity index (χ1) is 13.9. The SMILES string of the molecule is COCC(=O)N=C1SC2CS(=O)(=O)CC2N1c1ccc(Oc2ccccc2)cc1. The number of aliphatic imine (C=N–C) groups is 1. The Kier molecular flexibility index (Phi) is 5.62. The van der Waals surface area contributed by atoms with Crippen LogP contribution in [-0.2, 0) is 19.4 Å². The molecule has 1 amide bonds. The number of nitrogens with zero attached hydrogens (tertiary/aromatic N) is 2. The third kappa shape index (κ3) is 4.47. The minimum absolute atomic E-state index is 0.0461. The monoisotopic (exact) mass is 432 g/mol. The Labute approximate surface area is 173 Å². The van der Waals surface area contributed by atoms with Crippen molar-refractivity contribution in [3.63, 3.8) is 0 Å². The summed E-state index contributed by atoms with van der Waals surface area (Å²) in [5, 5.41) is 0.364. The van der Waals surface area contributed by atoms with Crippen molar-refractivity contribution < 1.29 is 22.7 Å². The standard InChI is InChI=1S/C20H20N2O5S2/c1-26-11-19(23)21-20-22(17-12-29(24,25)13-18(17)28-20)14-7-9-16(10-8-14)27-15-5-3-2-4-6-15/h2-10,17-18H,11-13H2,1H3. The number of hydrogen-bond donors (Lipinski definition) is 0. The molecule has 7 nitrogen and oxygen atoms in total. The first-order valence-corrected chi connectivity index (χ1v) is 11.7. The highest BCUT2D eigenvalue weighted by Gasteiger charge is 2.49. The topological polar surface area (TPSA) is 85.3 Å². The summed E-state index contributed by atoms with van der Waals surface area (Å²) in [7, 11) is -1.67. The summed E-state index contributed by atoms with van der Waals surface area (Å²) in [6.07, 6.45) is 0. The first kappa shape index (κ1) is 19.9. The lowest BCUT2D eigenvalue weighted by atomic mass is 10.2. The molecule has 2 aromatic rings. The van der Waals surface area contributed by atoms with Gasteiger partial charge in [0.2, 0.25) is 0 Å². The number of anilines is 1. The second-order valence-corrected chi connectivity index (χ2v) is 10.2.